The summed E-state index contributed by atoms with van der Waals surface area (Å²) in [7, 11) is 0. The Labute approximate surface area is 315 Å². The van der Waals surface area contributed by atoms with Gasteiger partial charge in [-0.25, -0.2) is 4.39 Å². The van der Waals surface area contributed by atoms with E-state index in [1.54, 1.807) is 12.1 Å². The number of fused-ring (bicyclic) bond motifs is 13. The predicted octanol–water partition coefficient (Wildman–Crippen LogP) is 13.6. The molecule has 0 aliphatic heterocycles. The molecule has 8 aromatic rings. The average Bonchev–Trinajstić information content (AvgIpc) is 3.77. The SMILES string of the molecule is CC1(C)c2cc(F)ccc2-c2ccc(N(c3ccc(-c4ccccc4)cc3)c3cccc4c3-c3ccccc3C43c4ccccc4-c4ccccc43)cc21. The molecule has 0 atom stereocenters. The smallest absolute Gasteiger partial charge is 0.123 e. The van der Waals surface area contributed by atoms with Gasteiger partial charge in [-0.3, -0.25) is 0 Å². The standard InChI is InChI=1S/C52H36FN/c1-51(2)47-31-35(53)25-29-40(47)41-30-28-37(32-48(41)51)54(36-26-23-34(24-27-36)33-13-4-3-5-14-33)49-22-12-21-46-50(49)42-17-8-11-20-45(42)52(46)43-18-9-6-15-38(43)39-16-7-10-19-44(39)52/h3-32H,1-2H3. The van der Waals surface area contributed by atoms with Gasteiger partial charge in [-0.2, -0.15) is 0 Å². The van der Waals surface area contributed by atoms with E-state index in [2.05, 4.69) is 183 Å². The molecule has 8 aromatic carbocycles. The van der Waals surface area contributed by atoms with Gasteiger partial charge in [-0.15, -0.1) is 0 Å². The van der Waals surface area contributed by atoms with Crippen molar-refractivity contribution in [2.75, 3.05) is 4.90 Å². The molecule has 0 bridgehead atoms. The first-order valence-electron chi connectivity index (χ1n) is 18.8. The van der Waals surface area contributed by atoms with Gasteiger partial charge in [-0.1, -0.05) is 153 Å². The van der Waals surface area contributed by atoms with Gasteiger partial charge < -0.3 is 4.90 Å². The first-order valence-corrected chi connectivity index (χ1v) is 18.8. The van der Waals surface area contributed by atoms with Crippen LogP contribution < -0.4 is 4.90 Å². The molecular formula is C52H36FN. The average molecular weight is 694 g/mol. The third-order valence-corrected chi connectivity index (χ3v) is 12.4. The first kappa shape index (κ1) is 31.1. The molecule has 0 N–H and O–H groups in total. The lowest BCUT2D eigenvalue weighted by Crippen LogP contribution is -2.26. The Hall–Kier alpha value is -6.51. The highest BCUT2D eigenvalue weighted by molar-refractivity contribution is 6.01. The first-order chi connectivity index (χ1) is 26.5. The Morgan fingerprint density at radius 2 is 0.889 bits per heavy atom. The largest absolute Gasteiger partial charge is 0.310 e. The highest BCUT2D eigenvalue weighted by Gasteiger charge is 2.52. The third kappa shape index (κ3) is 4.08. The fourth-order valence-electron chi connectivity index (χ4n) is 10.0. The summed E-state index contributed by atoms with van der Waals surface area (Å²) in [4.78, 5) is 2.44. The molecule has 1 nitrogen and oxygen atoms in total. The van der Waals surface area contributed by atoms with Gasteiger partial charge in [0.05, 0.1) is 11.1 Å². The number of anilines is 3. The summed E-state index contributed by atoms with van der Waals surface area (Å²) in [5.74, 6) is -0.197. The van der Waals surface area contributed by atoms with E-state index in [9.17, 15) is 4.39 Å². The Kier molecular flexibility index (Phi) is 6.47. The lowest BCUT2D eigenvalue weighted by molar-refractivity contribution is 0.609. The number of nitrogens with zero attached hydrogens (tertiary/aromatic N) is 1. The van der Waals surface area contributed by atoms with Crippen molar-refractivity contribution in [1.82, 2.24) is 0 Å². The number of hydrogen-bond acceptors (Lipinski definition) is 1. The molecule has 3 aliphatic rings. The maximum Gasteiger partial charge on any atom is 0.123 e. The normalized spacial score (nSPS) is 14.5. The molecule has 0 heterocycles. The Balaban J connectivity index is 1.18. The van der Waals surface area contributed by atoms with Crippen molar-refractivity contribution in [3.63, 3.8) is 0 Å². The van der Waals surface area contributed by atoms with E-state index >= 15 is 0 Å². The summed E-state index contributed by atoms with van der Waals surface area (Å²) in [6.45, 7) is 4.43. The van der Waals surface area contributed by atoms with E-state index < -0.39 is 5.41 Å². The number of benzene rings is 8. The molecule has 3 aliphatic carbocycles. The van der Waals surface area contributed by atoms with Crippen LogP contribution in [0.5, 0.6) is 0 Å². The van der Waals surface area contributed by atoms with Crippen LogP contribution in [0.25, 0.3) is 44.5 Å². The maximum atomic E-state index is 14.7. The van der Waals surface area contributed by atoms with Crippen LogP contribution in [0.1, 0.15) is 47.2 Å². The minimum atomic E-state index is -0.441. The van der Waals surface area contributed by atoms with Gasteiger partial charge in [-0.05, 0) is 115 Å². The van der Waals surface area contributed by atoms with Crippen LogP contribution in [0.4, 0.5) is 21.5 Å². The van der Waals surface area contributed by atoms with Crippen molar-refractivity contribution < 1.29 is 4.39 Å². The molecule has 0 fully saturated rings. The second-order valence-corrected chi connectivity index (χ2v) is 15.4. The van der Waals surface area contributed by atoms with Gasteiger partial charge in [0.15, 0.2) is 0 Å². The highest BCUT2D eigenvalue weighted by atomic mass is 19.1. The van der Waals surface area contributed by atoms with E-state index in [4.69, 9.17) is 0 Å². The number of rotatable bonds is 4. The van der Waals surface area contributed by atoms with E-state index in [0.717, 1.165) is 28.2 Å². The van der Waals surface area contributed by atoms with Crippen LogP contribution in [0.15, 0.2) is 182 Å². The van der Waals surface area contributed by atoms with Crippen molar-refractivity contribution in [2.24, 2.45) is 0 Å². The fourth-order valence-corrected chi connectivity index (χ4v) is 10.0. The van der Waals surface area contributed by atoms with E-state index in [1.165, 1.54) is 66.8 Å². The number of hydrogen-bond donors (Lipinski definition) is 0. The lowest BCUT2D eigenvalue weighted by atomic mass is 9.70. The fraction of sp³-hybridized carbons (Fsp3) is 0.0769. The van der Waals surface area contributed by atoms with Crippen LogP contribution in [0.3, 0.4) is 0 Å². The molecule has 0 saturated carbocycles. The zero-order valence-electron chi connectivity index (χ0n) is 30.1. The van der Waals surface area contributed by atoms with Crippen LogP contribution in [0.2, 0.25) is 0 Å². The highest BCUT2D eigenvalue weighted by Crippen LogP contribution is 2.64. The summed E-state index contributed by atoms with van der Waals surface area (Å²) in [5.41, 5.74) is 19.7. The van der Waals surface area contributed by atoms with Gasteiger partial charge in [0, 0.05) is 22.4 Å². The Bertz CT molecular complexity index is 2770. The number of halogens is 1. The summed E-state index contributed by atoms with van der Waals surface area (Å²) < 4.78 is 14.7. The molecule has 1 spiro atoms. The molecule has 11 rings (SSSR count). The van der Waals surface area contributed by atoms with Gasteiger partial charge >= 0.3 is 0 Å². The summed E-state index contributed by atoms with van der Waals surface area (Å²) in [5, 5.41) is 0. The molecule has 0 unspecified atom stereocenters. The van der Waals surface area contributed by atoms with Crippen molar-refractivity contribution >= 4 is 17.1 Å². The monoisotopic (exact) mass is 693 g/mol. The topological polar surface area (TPSA) is 3.24 Å². The van der Waals surface area contributed by atoms with Crippen LogP contribution >= 0.6 is 0 Å². The quantitative estimate of drug-likeness (QED) is 0.177. The molecule has 256 valence electrons. The van der Waals surface area contributed by atoms with Crippen LogP contribution in [0, 0.1) is 5.82 Å². The van der Waals surface area contributed by atoms with Crippen molar-refractivity contribution in [2.45, 2.75) is 24.7 Å². The van der Waals surface area contributed by atoms with Crippen molar-refractivity contribution in [3.05, 3.63) is 221 Å². The molecule has 0 radical (unpaired) electrons. The Morgan fingerprint density at radius 1 is 0.389 bits per heavy atom. The summed E-state index contributed by atoms with van der Waals surface area (Å²) in [6, 6.07) is 65.4. The molecule has 0 amide bonds. The van der Waals surface area contributed by atoms with Gasteiger partial charge in [0.25, 0.3) is 0 Å². The van der Waals surface area contributed by atoms with Gasteiger partial charge in [0.2, 0.25) is 0 Å². The third-order valence-electron chi connectivity index (χ3n) is 12.4. The van der Waals surface area contributed by atoms with E-state index in [0.29, 0.717) is 0 Å². The second kappa shape index (κ2) is 11.2. The molecule has 0 saturated heterocycles. The van der Waals surface area contributed by atoms with Crippen LogP contribution in [-0.4, -0.2) is 0 Å². The zero-order chi connectivity index (χ0) is 36.2. The predicted molar refractivity (Wildman–Crippen MR) is 220 cm³/mol. The van der Waals surface area contributed by atoms with Crippen LogP contribution in [-0.2, 0) is 10.8 Å². The van der Waals surface area contributed by atoms with Gasteiger partial charge in [0.1, 0.15) is 5.82 Å². The second-order valence-electron chi connectivity index (χ2n) is 15.4. The molecular weight excluding hydrogens is 658 g/mol. The molecule has 54 heavy (non-hydrogen) atoms. The summed E-state index contributed by atoms with van der Waals surface area (Å²) >= 11 is 0. The molecule has 0 aromatic heterocycles. The van der Waals surface area contributed by atoms with E-state index in [-0.39, 0.29) is 11.2 Å². The minimum Gasteiger partial charge on any atom is -0.310 e. The maximum absolute atomic E-state index is 14.7. The lowest BCUT2D eigenvalue weighted by Gasteiger charge is -2.32. The molecule has 2 heteroatoms. The Morgan fingerprint density at radius 3 is 1.57 bits per heavy atom. The van der Waals surface area contributed by atoms with Crippen molar-refractivity contribution in [3.8, 4) is 44.5 Å². The summed E-state index contributed by atoms with van der Waals surface area (Å²) in [6.07, 6.45) is 0. The van der Waals surface area contributed by atoms with E-state index in [1.807, 2.05) is 6.07 Å². The van der Waals surface area contributed by atoms with Crippen molar-refractivity contribution in [1.29, 1.82) is 0 Å². The zero-order valence-corrected chi connectivity index (χ0v) is 30.1. The minimum absolute atomic E-state index is 0.197.